The van der Waals surface area contributed by atoms with Crippen molar-refractivity contribution in [2.45, 2.75) is 31.5 Å². The van der Waals surface area contributed by atoms with Gasteiger partial charge in [0.2, 0.25) is 5.91 Å². The van der Waals surface area contributed by atoms with Crippen molar-refractivity contribution in [1.29, 1.82) is 0 Å². The van der Waals surface area contributed by atoms with Crippen LogP contribution in [0, 0.1) is 11.8 Å². The number of carboxylic acid groups (broad SMARTS) is 1. The standard InChI is InChI=1S/C13H17NO4/c15-12(14-6-2-1-3-7-14)10-8-4-5-9(18-8)11(10)13(16)17/h4-5,8-11H,1-3,6-7H2,(H,16,17)/t8-,9+,10?,11?/m1/s1. The number of aliphatic carboxylic acids is 1. The Morgan fingerprint density at radius 3 is 2.28 bits per heavy atom. The predicted molar refractivity (Wildman–Crippen MR) is 62.8 cm³/mol. The Labute approximate surface area is 105 Å². The molecule has 3 rings (SSSR count). The monoisotopic (exact) mass is 251 g/mol. The molecule has 5 heteroatoms. The molecular formula is C13H17NO4. The van der Waals surface area contributed by atoms with Crippen molar-refractivity contribution in [1.82, 2.24) is 4.90 Å². The highest BCUT2D eigenvalue weighted by molar-refractivity contribution is 5.87. The van der Waals surface area contributed by atoms with E-state index in [1.165, 1.54) is 0 Å². The SMILES string of the molecule is O=C(O)C1C(C(=O)N2CCCCC2)[C@H]2C=C[C@@H]1O2. The van der Waals surface area contributed by atoms with Crippen LogP contribution in [-0.2, 0) is 14.3 Å². The third-order valence-electron chi connectivity index (χ3n) is 4.14. The molecule has 3 aliphatic rings. The summed E-state index contributed by atoms with van der Waals surface area (Å²) in [6.07, 6.45) is 6.01. The number of carbonyl (C=O) groups excluding carboxylic acids is 1. The second-order valence-electron chi connectivity index (χ2n) is 5.23. The Morgan fingerprint density at radius 1 is 1.06 bits per heavy atom. The van der Waals surface area contributed by atoms with Gasteiger partial charge in [-0.05, 0) is 19.3 Å². The Balaban J connectivity index is 1.79. The normalized spacial score (nSPS) is 38.1. The minimum Gasteiger partial charge on any atom is -0.481 e. The van der Waals surface area contributed by atoms with Crippen LogP contribution in [-0.4, -0.2) is 47.2 Å². The average Bonchev–Trinajstić information content (AvgIpc) is 2.99. The second-order valence-corrected chi connectivity index (χ2v) is 5.23. The summed E-state index contributed by atoms with van der Waals surface area (Å²) in [5.74, 6) is -2.22. The lowest BCUT2D eigenvalue weighted by atomic mass is 9.82. The van der Waals surface area contributed by atoms with E-state index in [4.69, 9.17) is 4.74 Å². The maximum Gasteiger partial charge on any atom is 0.310 e. The van der Waals surface area contributed by atoms with E-state index in [9.17, 15) is 14.7 Å². The molecule has 4 atom stereocenters. The lowest BCUT2D eigenvalue weighted by molar-refractivity contribution is -0.149. The zero-order valence-corrected chi connectivity index (χ0v) is 10.1. The molecule has 0 aromatic heterocycles. The van der Waals surface area contributed by atoms with Crippen LogP contribution < -0.4 is 0 Å². The number of amides is 1. The first-order chi connectivity index (χ1) is 8.68. The highest BCUT2D eigenvalue weighted by Gasteiger charge is 2.54. The van der Waals surface area contributed by atoms with Crippen molar-refractivity contribution < 1.29 is 19.4 Å². The van der Waals surface area contributed by atoms with Crippen LogP contribution >= 0.6 is 0 Å². The van der Waals surface area contributed by atoms with Gasteiger partial charge in [-0.25, -0.2) is 0 Å². The lowest BCUT2D eigenvalue weighted by Gasteiger charge is -2.31. The Bertz CT molecular complexity index is 400. The van der Waals surface area contributed by atoms with E-state index in [0.29, 0.717) is 0 Å². The zero-order valence-electron chi connectivity index (χ0n) is 10.1. The smallest absolute Gasteiger partial charge is 0.310 e. The summed E-state index contributed by atoms with van der Waals surface area (Å²) in [5, 5.41) is 9.27. The molecule has 3 aliphatic heterocycles. The first kappa shape index (κ1) is 11.7. The van der Waals surface area contributed by atoms with Crippen LogP contribution in [0.25, 0.3) is 0 Å². The number of likely N-dealkylation sites (tertiary alicyclic amines) is 1. The molecule has 2 bridgehead atoms. The van der Waals surface area contributed by atoms with Gasteiger partial charge in [-0.15, -0.1) is 0 Å². The number of fused-ring (bicyclic) bond motifs is 2. The fourth-order valence-corrected chi connectivity index (χ4v) is 3.22. The molecule has 0 aromatic carbocycles. The van der Waals surface area contributed by atoms with E-state index in [2.05, 4.69) is 0 Å². The molecule has 0 spiro atoms. The highest BCUT2D eigenvalue weighted by atomic mass is 16.5. The quantitative estimate of drug-likeness (QED) is 0.732. The number of ether oxygens (including phenoxy) is 1. The number of carbonyl (C=O) groups is 2. The van der Waals surface area contributed by atoms with Gasteiger partial charge in [0, 0.05) is 13.1 Å². The number of hydrogen-bond donors (Lipinski definition) is 1. The van der Waals surface area contributed by atoms with Crippen LogP contribution in [0.5, 0.6) is 0 Å². The predicted octanol–water partition coefficient (Wildman–Crippen LogP) is 0.653. The number of hydrogen-bond acceptors (Lipinski definition) is 3. The molecule has 1 N–H and O–H groups in total. The lowest BCUT2D eigenvalue weighted by Crippen LogP contribution is -2.46. The molecule has 2 saturated heterocycles. The fourth-order valence-electron chi connectivity index (χ4n) is 3.22. The Hall–Kier alpha value is -1.36. The molecule has 2 fully saturated rings. The van der Waals surface area contributed by atoms with Crippen LogP contribution in [0.2, 0.25) is 0 Å². The molecule has 3 heterocycles. The minimum atomic E-state index is -0.929. The molecule has 5 nitrogen and oxygen atoms in total. The molecule has 98 valence electrons. The third kappa shape index (κ3) is 1.73. The number of piperidine rings is 1. The third-order valence-corrected chi connectivity index (χ3v) is 4.14. The highest BCUT2D eigenvalue weighted by Crippen LogP contribution is 2.40. The molecule has 2 unspecified atom stereocenters. The van der Waals surface area contributed by atoms with Gasteiger partial charge in [0.25, 0.3) is 0 Å². The van der Waals surface area contributed by atoms with Crippen molar-refractivity contribution in [3.63, 3.8) is 0 Å². The van der Waals surface area contributed by atoms with Crippen molar-refractivity contribution >= 4 is 11.9 Å². The maximum atomic E-state index is 12.5. The van der Waals surface area contributed by atoms with E-state index in [0.717, 1.165) is 32.4 Å². The maximum absolute atomic E-state index is 12.5. The minimum absolute atomic E-state index is 0.0426. The zero-order chi connectivity index (χ0) is 12.7. The molecule has 18 heavy (non-hydrogen) atoms. The van der Waals surface area contributed by atoms with Crippen LogP contribution in [0.15, 0.2) is 12.2 Å². The molecule has 0 aromatic rings. The number of rotatable bonds is 2. The van der Waals surface area contributed by atoms with Gasteiger partial charge in [0.05, 0.1) is 18.1 Å². The topological polar surface area (TPSA) is 66.8 Å². The first-order valence-corrected chi connectivity index (χ1v) is 6.54. The summed E-state index contributed by atoms with van der Waals surface area (Å²) in [6, 6.07) is 0. The van der Waals surface area contributed by atoms with Gasteiger partial charge in [0.15, 0.2) is 0 Å². The second kappa shape index (κ2) is 4.39. The summed E-state index contributed by atoms with van der Waals surface area (Å²) in [6.45, 7) is 1.51. The van der Waals surface area contributed by atoms with Gasteiger partial charge < -0.3 is 14.7 Å². The Kier molecular flexibility index (Phi) is 2.86. The van der Waals surface area contributed by atoms with E-state index in [-0.39, 0.29) is 12.0 Å². The molecular weight excluding hydrogens is 234 g/mol. The van der Waals surface area contributed by atoms with Gasteiger partial charge in [-0.1, -0.05) is 12.2 Å². The van der Waals surface area contributed by atoms with E-state index >= 15 is 0 Å². The summed E-state index contributed by atoms with van der Waals surface area (Å²) in [4.78, 5) is 25.6. The molecule has 1 amide bonds. The van der Waals surface area contributed by atoms with Crippen molar-refractivity contribution in [3.8, 4) is 0 Å². The van der Waals surface area contributed by atoms with Gasteiger partial charge in [0.1, 0.15) is 5.92 Å². The van der Waals surface area contributed by atoms with Gasteiger partial charge in [-0.2, -0.15) is 0 Å². The molecule has 0 radical (unpaired) electrons. The van der Waals surface area contributed by atoms with Crippen LogP contribution in [0.4, 0.5) is 0 Å². The van der Waals surface area contributed by atoms with Crippen LogP contribution in [0.1, 0.15) is 19.3 Å². The number of carboxylic acids is 1. The first-order valence-electron chi connectivity index (χ1n) is 6.54. The summed E-state index contributed by atoms with van der Waals surface area (Å²) in [7, 11) is 0. The summed E-state index contributed by atoms with van der Waals surface area (Å²) in [5.41, 5.74) is 0. The Morgan fingerprint density at radius 2 is 1.67 bits per heavy atom. The van der Waals surface area contributed by atoms with E-state index in [1.807, 2.05) is 11.0 Å². The summed E-state index contributed by atoms with van der Waals surface area (Å²) < 4.78 is 5.53. The van der Waals surface area contributed by atoms with Crippen molar-refractivity contribution in [2.75, 3.05) is 13.1 Å². The summed E-state index contributed by atoms with van der Waals surface area (Å²) >= 11 is 0. The molecule has 0 aliphatic carbocycles. The average molecular weight is 251 g/mol. The van der Waals surface area contributed by atoms with Crippen molar-refractivity contribution in [2.24, 2.45) is 11.8 Å². The van der Waals surface area contributed by atoms with Gasteiger partial charge in [-0.3, -0.25) is 9.59 Å². The van der Waals surface area contributed by atoms with Crippen molar-refractivity contribution in [3.05, 3.63) is 12.2 Å². The van der Waals surface area contributed by atoms with Gasteiger partial charge >= 0.3 is 5.97 Å². The fraction of sp³-hybridized carbons (Fsp3) is 0.692. The van der Waals surface area contributed by atoms with E-state index < -0.39 is 23.9 Å². The number of nitrogens with zero attached hydrogens (tertiary/aromatic N) is 1. The van der Waals surface area contributed by atoms with Crippen LogP contribution in [0.3, 0.4) is 0 Å². The largest absolute Gasteiger partial charge is 0.481 e. The van der Waals surface area contributed by atoms with E-state index in [1.54, 1.807) is 6.08 Å². The molecule has 0 saturated carbocycles.